The molecule has 1 aromatic carbocycles. The van der Waals surface area contributed by atoms with Gasteiger partial charge in [-0.15, -0.1) is 0 Å². The SMILES string of the molecule is COC(=O)[C@H]1O[C@@H](n2cnc3c(N)ncnc32)[C@H](O)[C@@H]1N(C(=O)OC(C)(C)C)C(=O)C(N)Cc1cccc(Cl)c1. The van der Waals surface area contributed by atoms with Crippen LogP contribution in [0.25, 0.3) is 11.2 Å². The first-order chi connectivity index (χ1) is 18.8. The van der Waals surface area contributed by atoms with Crippen molar-refractivity contribution in [2.75, 3.05) is 12.8 Å². The average Bonchev–Trinajstić information content (AvgIpc) is 3.45. The molecule has 40 heavy (non-hydrogen) atoms. The van der Waals surface area contributed by atoms with Gasteiger partial charge >= 0.3 is 12.1 Å². The van der Waals surface area contributed by atoms with Gasteiger partial charge in [0.15, 0.2) is 23.8 Å². The van der Waals surface area contributed by atoms with E-state index in [2.05, 4.69) is 15.0 Å². The third-order valence-electron chi connectivity index (χ3n) is 6.12. The number of hydrogen-bond donors (Lipinski definition) is 3. The molecule has 2 amide bonds. The number of esters is 1. The molecule has 14 nitrogen and oxygen atoms in total. The van der Waals surface area contributed by atoms with Crippen LogP contribution in [-0.4, -0.2) is 84.5 Å². The number of aliphatic hydroxyl groups is 1. The maximum absolute atomic E-state index is 13.8. The number of halogens is 1. The van der Waals surface area contributed by atoms with Crippen LogP contribution in [0.4, 0.5) is 10.6 Å². The fourth-order valence-electron chi connectivity index (χ4n) is 4.40. The average molecular weight is 576 g/mol. The summed E-state index contributed by atoms with van der Waals surface area (Å²) in [6.07, 6.45) is -3.29. The number of fused-ring (bicyclic) bond motifs is 1. The second-order valence-electron chi connectivity index (χ2n) is 10.2. The first-order valence-electron chi connectivity index (χ1n) is 12.2. The molecule has 1 fully saturated rings. The molecule has 3 aromatic rings. The Hall–Kier alpha value is -3.85. The Balaban J connectivity index is 1.75. The monoisotopic (exact) mass is 575 g/mol. The number of carbonyl (C=O) groups excluding carboxylic acids is 3. The summed E-state index contributed by atoms with van der Waals surface area (Å²) in [5.41, 5.74) is 12.1. The maximum atomic E-state index is 13.8. The highest BCUT2D eigenvalue weighted by atomic mass is 35.5. The molecular formula is C25H30ClN7O7. The van der Waals surface area contributed by atoms with Gasteiger partial charge in [0, 0.05) is 5.02 Å². The molecule has 15 heteroatoms. The minimum atomic E-state index is -1.67. The molecule has 1 saturated heterocycles. The third kappa shape index (κ3) is 5.84. The van der Waals surface area contributed by atoms with Gasteiger partial charge in [0.2, 0.25) is 5.91 Å². The Morgan fingerprint density at radius 1 is 1.25 bits per heavy atom. The summed E-state index contributed by atoms with van der Waals surface area (Å²) in [6, 6.07) is 3.83. The van der Waals surface area contributed by atoms with E-state index in [9.17, 15) is 19.5 Å². The van der Waals surface area contributed by atoms with Crippen molar-refractivity contribution in [3.8, 4) is 0 Å². The van der Waals surface area contributed by atoms with Crippen molar-refractivity contribution in [2.24, 2.45) is 5.73 Å². The second-order valence-corrected chi connectivity index (χ2v) is 10.6. The van der Waals surface area contributed by atoms with Crippen molar-refractivity contribution in [3.05, 3.63) is 47.5 Å². The number of carbonyl (C=O) groups is 3. The van der Waals surface area contributed by atoms with E-state index in [4.69, 9.17) is 37.3 Å². The second kappa shape index (κ2) is 11.3. The van der Waals surface area contributed by atoms with Crippen molar-refractivity contribution in [1.29, 1.82) is 0 Å². The molecule has 0 radical (unpaired) electrons. The van der Waals surface area contributed by atoms with Crippen molar-refractivity contribution in [3.63, 3.8) is 0 Å². The van der Waals surface area contributed by atoms with Gasteiger partial charge in [-0.1, -0.05) is 23.7 Å². The van der Waals surface area contributed by atoms with Gasteiger partial charge in [0.1, 0.15) is 29.6 Å². The molecule has 0 spiro atoms. The van der Waals surface area contributed by atoms with Crippen LogP contribution in [-0.2, 0) is 30.2 Å². The molecule has 214 valence electrons. The molecule has 1 aliphatic heterocycles. The zero-order chi connectivity index (χ0) is 29.4. The van der Waals surface area contributed by atoms with Crippen molar-refractivity contribution < 1.29 is 33.7 Å². The largest absolute Gasteiger partial charge is 0.467 e. The summed E-state index contributed by atoms with van der Waals surface area (Å²) in [7, 11) is 1.10. The number of aromatic nitrogens is 4. The molecule has 0 aliphatic carbocycles. The number of ether oxygens (including phenoxy) is 3. The van der Waals surface area contributed by atoms with Crippen LogP contribution >= 0.6 is 11.6 Å². The summed E-state index contributed by atoms with van der Waals surface area (Å²) < 4.78 is 17.6. The number of imidazole rings is 1. The molecule has 3 heterocycles. The fourth-order valence-corrected chi connectivity index (χ4v) is 4.61. The molecule has 5 atom stereocenters. The molecule has 1 aliphatic rings. The number of anilines is 1. The zero-order valence-electron chi connectivity index (χ0n) is 22.2. The highest BCUT2D eigenvalue weighted by Gasteiger charge is 2.56. The number of benzene rings is 1. The van der Waals surface area contributed by atoms with E-state index in [-0.39, 0.29) is 23.4 Å². The summed E-state index contributed by atoms with van der Waals surface area (Å²) >= 11 is 6.07. The smallest absolute Gasteiger partial charge is 0.417 e. The minimum absolute atomic E-state index is 0.00294. The predicted molar refractivity (Wildman–Crippen MR) is 142 cm³/mol. The molecule has 0 bridgehead atoms. The van der Waals surface area contributed by atoms with Crippen LogP contribution < -0.4 is 11.5 Å². The normalized spacial score (nSPS) is 21.7. The van der Waals surface area contributed by atoms with E-state index < -0.39 is 54.1 Å². The van der Waals surface area contributed by atoms with Gasteiger partial charge in [-0.3, -0.25) is 9.36 Å². The minimum Gasteiger partial charge on any atom is -0.467 e. The summed E-state index contributed by atoms with van der Waals surface area (Å²) in [5, 5.41) is 12.0. The first kappa shape index (κ1) is 29.1. The lowest BCUT2D eigenvalue weighted by atomic mass is 10.0. The van der Waals surface area contributed by atoms with Crippen LogP contribution in [0, 0.1) is 0 Å². The van der Waals surface area contributed by atoms with E-state index in [0.29, 0.717) is 15.5 Å². The summed E-state index contributed by atoms with van der Waals surface area (Å²) in [5.74, 6) is -1.79. The van der Waals surface area contributed by atoms with E-state index in [0.717, 1.165) is 7.11 Å². The molecule has 2 aromatic heterocycles. The topological polar surface area (TPSA) is 198 Å². The quantitative estimate of drug-likeness (QED) is 0.355. The summed E-state index contributed by atoms with van der Waals surface area (Å²) in [6.45, 7) is 4.80. The number of methoxy groups -OCH3 is 1. The van der Waals surface area contributed by atoms with Gasteiger partial charge in [0.25, 0.3) is 0 Å². The van der Waals surface area contributed by atoms with Crippen LogP contribution in [0.5, 0.6) is 0 Å². The highest BCUT2D eigenvalue weighted by molar-refractivity contribution is 6.30. The van der Waals surface area contributed by atoms with Gasteiger partial charge < -0.3 is 30.8 Å². The van der Waals surface area contributed by atoms with Gasteiger partial charge in [0.05, 0.1) is 19.5 Å². The van der Waals surface area contributed by atoms with Crippen molar-refractivity contribution >= 4 is 46.6 Å². The van der Waals surface area contributed by atoms with Crippen molar-refractivity contribution in [2.45, 2.75) is 63.3 Å². The lowest BCUT2D eigenvalue weighted by Crippen LogP contribution is -2.60. The fraction of sp³-hybridized carbons (Fsp3) is 0.440. The number of amides is 2. The lowest BCUT2D eigenvalue weighted by molar-refractivity contribution is -0.158. The molecular weight excluding hydrogens is 546 g/mol. The molecule has 4 rings (SSSR count). The van der Waals surface area contributed by atoms with Gasteiger partial charge in [-0.2, -0.15) is 0 Å². The Labute approximate surface area is 234 Å². The number of aliphatic hydroxyl groups excluding tert-OH is 1. The number of nitrogen functional groups attached to an aromatic ring is 1. The first-order valence-corrected chi connectivity index (χ1v) is 12.6. The van der Waals surface area contributed by atoms with Crippen LogP contribution in [0.1, 0.15) is 32.6 Å². The number of nitrogens with zero attached hydrogens (tertiary/aromatic N) is 5. The Morgan fingerprint density at radius 2 is 1.98 bits per heavy atom. The molecule has 0 saturated carbocycles. The van der Waals surface area contributed by atoms with Gasteiger partial charge in [-0.25, -0.2) is 29.4 Å². The summed E-state index contributed by atoms with van der Waals surface area (Å²) in [4.78, 5) is 52.9. The maximum Gasteiger partial charge on any atom is 0.417 e. The Kier molecular flexibility index (Phi) is 8.25. The lowest BCUT2D eigenvalue weighted by Gasteiger charge is -2.34. The predicted octanol–water partition coefficient (Wildman–Crippen LogP) is 1.20. The standard InChI is InChI=1S/C25H30ClN7O7/c1-25(2,3)40-24(37)33(21(35)14(27)9-12-6-5-7-13(26)8-12)16-17(34)22(39-18(16)23(36)38-4)32-11-31-15-19(28)29-10-30-20(15)32/h5-8,10-11,14,16-18,22,34H,9,27H2,1-4H3,(H2,28,29,30)/t14?,16-,17+,18-,22+/m0/s1. The molecule has 5 N–H and O–H groups in total. The van der Waals surface area contributed by atoms with Crippen LogP contribution in [0.2, 0.25) is 5.02 Å². The number of nitrogens with two attached hydrogens (primary N) is 2. The van der Waals surface area contributed by atoms with E-state index in [1.807, 2.05) is 0 Å². The third-order valence-corrected chi connectivity index (χ3v) is 6.36. The van der Waals surface area contributed by atoms with Crippen LogP contribution in [0.3, 0.4) is 0 Å². The number of imide groups is 1. The van der Waals surface area contributed by atoms with Crippen LogP contribution in [0.15, 0.2) is 36.9 Å². The Bertz CT molecular complexity index is 1430. The number of hydrogen-bond acceptors (Lipinski definition) is 12. The van der Waals surface area contributed by atoms with E-state index >= 15 is 0 Å². The van der Waals surface area contributed by atoms with Gasteiger partial charge in [-0.05, 0) is 44.9 Å². The van der Waals surface area contributed by atoms with Crippen molar-refractivity contribution in [1.82, 2.24) is 24.4 Å². The number of rotatable bonds is 6. The van der Waals surface area contributed by atoms with E-state index in [1.165, 1.54) is 17.2 Å². The Morgan fingerprint density at radius 3 is 2.62 bits per heavy atom. The highest BCUT2D eigenvalue weighted by Crippen LogP contribution is 2.36. The zero-order valence-corrected chi connectivity index (χ0v) is 23.0. The molecule has 1 unspecified atom stereocenters. The van der Waals surface area contributed by atoms with E-state index in [1.54, 1.807) is 45.0 Å².